The van der Waals surface area contributed by atoms with E-state index in [1.807, 2.05) is 0 Å². The van der Waals surface area contributed by atoms with E-state index in [1.54, 1.807) is 13.0 Å². The minimum atomic E-state index is -1.36. The summed E-state index contributed by atoms with van der Waals surface area (Å²) in [5.41, 5.74) is 0.970. The van der Waals surface area contributed by atoms with E-state index < -0.39 is 22.3 Å². The van der Waals surface area contributed by atoms with Gasteiger partial charge >= 0.3 is 5.97 Å². The van der Waals surface area contributed by atoms with Crippen LogP contribution in [0.3, 0.4) is 0 Å². The highest BCUT2D eigenvalue weighted by Gasteiger charge is 2.12. The molecule has 6 nitrogen and oxygen atoms in total. The molecule has 0 unspecified atom stereocenters. The van der Waals surface area contributed by atoms with Crippen molar-refractivity contribution in [2.75, 3.05) is 5.32 Å². The number of hydrogen-bond donors (Lipinski definition) is 2. The average Bonchev–Trinajstić information content (AvgIpc) is 2.40. The van der Waals surface area contributed by atoms with E-state index in [0.29, 0.717) is 11.4 Å². The molecule has 0 spiro atoms. The Morgan fingerprint density at radius 1 is 1.29 bits per heavy atom. The molecule has 0 radical (unpaired) electrons. The van der Waals surface area contributed by atoms with Gasteiger partial charge in [-0.05, 0) is 30.7 Å². The van der Waals surface area contributed by atoms with Gasteiger partial charge in [0.15, 0.2) is 0 Å². The molecule has 0 heterocycles. The number of nitro groups is 1. The molecule has 2 aromatic carbocycles. The number of carboxylic acid groups (broad SMARTS) is 1. The van der Waals surface area contributed by atoms with Gasteiger partial charge < -0.3 is 10.4 Å². The Balaban J connectivity index is 2.34. The monoisotopic (exact) mass is 290 g/mol. The van der Waals surface area contributed by atoms with Gasteiger partial charge in [0, 0.05) is 23.5 Å². The Morgan fingerprint density at radius 3 is 2.57 bits per heavy atom. The summed E-state index contributed by atoms with van der Waals surface area (Å²) in [5.74, 6) is -2.24. The predicted octanol–water partition coefficient (Wildman–Crippen LogP) is 3.48. The maximum atomic E-state index is 13.6. The highest BCUT2D eigenvalue weighted by molar-refractivity contribution is 5.88. The van der Waals surface area contributed by atoms with Gasteiger partial charge in [-0.2, -0.15) is 0 Å². The number of anilines is 2. The highest BCUT2D eigenvalue weighted by atomic mass is 19.1. The molecule has 108 valence electrons. The van der Waals surface area contributed by atoms with E-state index in [-0.39, 0.29) is 5.69 Å². The number of carboxylic acids is 1. The topological polar surface area (TPSA) is 92.5 Å². The van der Waals surface area contributed by atoms with Crippen LogP contribution in [-0.2, 0) is 0 Å². The third-order valence-electron chi connectivity index (χ3n) is 2.91. The summed E-state index contributed by atoms with van der Waals surface area (Å²) >= 11 is 0. The van der Waals surface area contributed by atoms with Crippen molar-refractivity contribution < 1.29 is 19.2 Å². The molecule has 2 N–H and O–H groups in total. The zero-order valence-corrected chi connectivity index (χ0v) is 11.0. The second-order valence-electron chi connectivity index (χ2n) is 4.38. The van der Waals surface area contributed by atoms with Crippen molar-refractivity contribution in [3.05, 3.63) is 63.5 Å². The van der Waals surface area contributed by atoms with Crippen LogP contribution in [0.1, 0.15) is 15.9 Å². The summed E-state index contributed by atoms with van der Waals surface area (Å²) in [6.45, 7) is 1.74. The minimum Gasteiger partial charge on any atom is -0.478 e. The van der Waals surface area contributed by atoms with Gasteiger partial charge in [0.05, 0.1) is 10.5 Å². The molecule has 0 saturated carbocycles. The number of hydrogen-bond acceptors (Lipinski definition) is 4. The lowest BCUT2D eigenvalue weighted by Gasteiger charge is -2.10. The molecule has 0 saturated heterocycles. The lowest BCUT2D eigenvalue weighted by molar-refractivity contribution is -0.384. The van der Waals surface area contributed by atoms with E-state index in [4.69, 9.17) is 5.11 Å². The summed E-state index contributed by atoms with van der Waals surface area (Å²) in [4.78, 5) is 20.9. The van der Waals surface area contributed by atoms with Gasteiger partial charge in [-0.15, -0.1) is 0 Å². The number of nitrogens with one attached hydrogen (secondary N) is 1. The molecular formula is C14H11FN2O4. The number of carbonyl (C=O) groups is 1. The lowest BCUT2D eigenvalue weighted by Crippen LogP contribution is -2.02. The third kappa shape index (κ3) is 3.14. The second kappa shape index (κ2) is 5.58. The van der Waals surface area contributed by atoms with Crippen LogP contribution in [0.15, 0.2) is 36.4 Å². The van der Waals surface area contributed by atoms with Crippen LogP contribution in [0, 0.1) is 22.9 Å². The summed E-state index contributed by atoms with van der Waals surface area (Å²) in [6.07, 6.45) is 0. The Bertz CT molecular complexity index is 731. The molecule has 0 atom stereocenters. The second-order valence-corrected chi connectivity index (χ2v) is 4.38. The number of aromatic carboxylic acids is 1. The summed E-state index contributed by atoms with van der Waals surface area (Å²) in [7, 11) is 0. The highest BCUT2D eigenvalue weighted by Crippen LogP contribution is 2.26. The zero-order valence-electron chi connectivity index (χ0n) is 11.0. The Morgan fingerprint density at radius 2 is 2.00 bits per heavy atom. The van der Waals surface area contributed by atoms with Gasteiger partial charge in [0.2, 0.25) is 0 Å². The molecule has 2 aromatic rings. The molecule has 0 aliphatic rings. The number of benzene rings is 2. The Kier molecular flexibility index (Phi) is 3.84. The van der Waals surface area contributed by atoms with E-state index in [1.165, 1.54) is 18.2 Å². The number of halogens is 1. The average molecular weight is 290 g/mol. The molecule has 0 aromatic heterocycles. The lowest BCUT2D eigenvalue weighted by atomic mass is 10.1. The third-order valence-corrected chi connectivity index (χ3v) is 2.91. The van der Waals surface area contributed by atoms with E-state index in [9.17, 15) is 19.3 Å². The van der Waals surface area contributed by atoms with E-state index >= 15 is 0 Å². The van der Waals surface area contributed by atoms with Crippen LogP contribution in [0.25, 0.3) is 0 Å². The molecule has 21 heavy (non-hydrogen) atoms. The number of nitro benzene ring substituents is 1. The van der Waals surface area contributed by atoms with Crippen molar-refractivity contribution in [2.45, 2.75) is 6.92 Å². The summed E-state index contributed by atoms with van der Waals surface area (Å²) in [6, 6.07) is 7.83. The molecular weight excluding hydrogens is 279 g/mol. The van der Waals surface area contributed by atoms with Gasteiger partial charge in [0.1, 0.15) is 5.82 Å². The molecule has 7 heteroatoms. The van der Waals surface area contributed by atoms with Crippen molar-refractivity contribution in [3.63, 3.8) is 0 Å². The van der Waals surface area contributed by atoms with Crippen LogP contribution in [0.2, 0.25) is 0 Å². The predicted molar refractivity (Wildman–Crippen MR) is 74.5 cm³/mol. The van der Waals surface area contributed by atoms with Crippen molar-refractivity contribution in [1.82, 2.24) is 0 Å². The Hall–Kier alpha value is -2.96. The maximum absolute atomic E-state index is 13.6. The quantitative estimate of drug-likeness (QED) is 0.664. The van der Waals surface area contributed by atoms with Crippen molar-refractivity contribution in [1.29, 1.82) is 0 Å². The maximum Gasteiger partial charge on any atom is 0.338 e. The van der Waals surface area contributed by atoms with Crippen LogP contribution in [-0.4, -0.2) is 16.0 Å². The normalized spacial score (nSPS) is 10.2. The first kappa shape index (κ1) is 14.4. The van der Waals surface area contributed by atoms with E-state index in [0.717, 1.165) is 17.7 Å². The molecule has 0 aliphatic heterocycles. The standard InChI is InChI=1S/C14H11FN2O4/c1-8-2-4-10(17(20)21)7-13(8)16-9-3-5-11(14(18)19)12(15)6-9/h2-7,16H,1H3,(H,18,19). The van der Waals surface area contributed by atoms with Crippen molar-refractivity contribution in [3.8, 4) is 0 Å². The number of non-ortho nitro benzene ring substituents is 1. The molecule has 0 amide bonds. The van der Waals surface area contributed by atoms with E-state index in [2.05, 4.69) is 5.32 Å². The van der Waals surface area contributed by atoms with Crippen LogP contribution in [0.4, 0.5) is 21.5 Å². The van der Waals surface area contributed by atoms with Crippen molar-refractivity contribution >= 4 is 23.0 Å². The van der Waals surface area contributed by atoms with Gasteiger partial charge in [-0.3, -0.25) is 10.1 Å². The molecule has 0 fully saturated rings. The first-order valence-corrected chi connectivity index (χ1v) is 5.93. The van der Waals surface area contributed by atoms with Gasteiger partial charge in [0.25, 0.3) is 5.69 Å². The van der Waals surface area contributed by atoms with Gasteiger partial charge in [-0.25, -0.2) is 9.18 Å². The smallest absolute Gasteiger partial charge is 0.338 e. The number of nitrogens with zero attached hydrogens (tertiary/aromatic N) is 1. The zero-order chi connectivity index (χ0) is 15.6. The molecule has 0 bridgehead atoms. The first-order valence-electron chi connectivity index (χ1n) is 5.93. The summed E-state index contributed by atoms with van der Waals surface area (Å²) < 4.78 is 13.6. The SMILES string of the molecule is Cc1ccc([N+](=O)[O-])cc1Nc1ccc(C(=O)O)c(F)c1. The number of aryl methyl sites for hydroxylation is 1. The molecule has 0 aliphatic carbocycles. The van der Waals surface area contributed by atoms with Crippen LogP contribution < -0.4 is 5.32 Å². The van der Waals surface area contributed by atoms with Gasteiger partial charge in [-0.1, -0.05) is 6.07 Å². The fraction of sp³-hybridized carbons (Fsp3) is 0.0714. The Labute approximate surface area is 119 Å². The molecule has 2 rings (SSSR count). The fourth-order valence-corrected chi connectivity index (χ4v) is 1.78. The van der Waals surface area contributed by atoms with Crippen LogP contribution >= 0.6 is 0 Å². The number of rotatable bonds is 4. The fourth-order valence-electron chi connectivity index (χ4n) is 1.78. The summed E-state index contributed by atoms with van der Waals surface area (Å²) in [5, 5.41) is 22.3. The first-order chi connectivity index (χ1) is 9.88. The van der Waals surface area contributed by atoms with Crippen LogP contribution in [0.5, 0.6) is 0 Å². The van der Waals surface area contributed by atoms with Crippen molar-refractivity contribution in [2.24, 2.45) is 0 Å². The minimum absolute atomic E-state index is 0.0919. The largest absolute Gasteiger partial charge is 0.478 e.